The Morgan fingerprint density at radius 2 is 2.00 bits per heavy atom. The molecule has 74 valence electrons. The topological polar surface area (TPSA) is 17.3 Å². The van der Waals surface area contributed by atoms with Gasteiger partial charge in [-0.15, -0.1) is 0 Å². The fourth-order valence-corrected chi connectivity index (χ4v) is 1.27. The zero-order valence-corrected chi connectivity index (χ0v) is 7.34. The highest BCUT2D eigenvalue weighted by molar-refractivity contribution is 5.42. The van der Waals surface area contributed by atoms with Crippen LogP contribution in [0.5, 0.6) is 0 Å². The quantitative estimate of drug-likeness (QED) is 0.639. The molecular formula is C9H7F3N2. The van der Waals surface area contributed by atoms with Gasteiger partial charge in [-0.05, 0) is 19.1 Å². The van der Waals surface area contributed by atoms with Crippen molar-refractivity contribution in [3.63, 3.8) is 0 Å². The van der Waals surface area contributed by atoms with Crippen LogP contribution < -0.4 is 0 Å². The van der Waals surface area contributed by atoms with Gasteiger partial charge in [-0.25, -0.2) is 4.98 Å². The van der Waals surface area contributed by atoms with Crippen LogP contribution in [0.3, 0.4) is 0 Å². The second-order valence-electron chi connectivity index (χ2n) is 3.04. The molecule has 0 aliphatic carbocycles. The number of halogens is 3. The molecule has 0 fully saturated rings. The molecule has 14 heavy (non-hydrogen) atoms. The summed E-state index contributed by atoms with van der Waals surface area (Å²) in [5.41, 5.74) is 0.549. The van der Waals surface area contributed by atoms with Crippen molar-refractivity contribution in [2.24, 2.45) is 0 Å². The standard InChI is InChI=1S/C9H7F3N2/c1-6-4-13-8-3-2-7(5-14(6)8)9(10,11)12/h2-5H,1H3. The molecule has 5 heteroatoms. The highest BCUT2D eigenvalue weighted by atomic mass is 19.4. The smallest absolute Gasteiger partial charge is 0.304 e. The maximum Gasteiger partial charge on any atom is 0.417 e. The Morgan fingerprint density at radius 1 is 1.29 bits per heavy atom. The highest BCUT2D eigenvalue weighted by Crippen LogP contribution is 2.29. The molecule has 0 N–H and O–H groups in total. The number of hydrogen-bond acceptors (Lipinski definition) is 1. The first kappa shape index (κ1) is 9.05. The Bertz CT molecular complexity index is 470. The van der Waals surface area contributed by atoms with E-state index in [1.807, 2.05) is 0 Å². The van der Waals surface area contributed by atoms with Crippen LogP contribution in [0.2, 0.25) is 0 Å². The van der Waals surface area contributed by atoms with Crippen molar-refractivity contribution in [1.29, 1.82) is 0 Å². The molecule has 0 spiro atoms. The van der Waals surface area contributed by atoms with Crippen molar-refractivity contribution in [3.8, 4) is 0 Å². The molecule has 0 aliphatic heterocycles. The van der Waals surface area contributed by atoms with Crippen molar-refractivity contribution in [1.82, 2.24) is 9.38 Å². The van der Waals surface area contributed by atoms with Crippen molar-refractivity contribution in [2.45, 2.75) is 13.1 Å². The summed E-state index contributed by atoms with van der Waals surface area (Å²) >= 11 is 0. The maximum absolute atomic E-state index is 12.3. The molecule has 0 atom stereocenters. The first-order valence-electron chi connectivity index (χ1n) is 3.99. The predicted molar refractivity (Wildman–Crippen MR) is 44.9 cm³/mol. The Morgan fingerprint density at radius 3 is 2.64 bits per heavy atom. The SMILES string of the molecule is Cc1cnc2ccc(C(F)(F)F)cn12. The van der Waals surface area contributed by atoms with Gasteiger partial charge in [0.05, 0.1) is 5.56 Å². The molecule has 2 aromatic heterocycles. The Kier molecular flexibility index (Phi) is 1.77. The van der Waals surface area contributed by atoms with E-state index in [0.29, 0.717) is 11.3 Å². The van der Waals surface area contributed by atoms with Crippen LogP contribution in [-0.4, -0.2) is 9.38 Å². The monoisotopic (exact) mass is 200 g/mol. The molecule has 0 bridgehead atoms. The number of alkyl halides is 3. The number of hydrogen-bond donors (Lipinski definition) is 0. The van der Waals surface area contributed by atoms with Crippen molar-refractivity contribution in [3.05, 3.63) is 35.8 Å². The van der Waals surface area contributed by atoms with Crippen LogP contribution in [0, 0.1) is 6.92 Å². The number of aryl methyl sites for hydroxylation is 1. The molecule has 0 aliphatic rings. The Hall–Kier alpha value is -1.52. The van der Waals surface area contributed by atoms with Crippen molar-refractivity contribution < 1.29 is 13.2 Å². The van der Waals surface area contributed by atoms with E-state index in [9.17, 15) is 13.2 Å². The number of pyridine rings is 1. The summed E-state index contributed by atoms with van der Waals surface area (Å²) in [5, 5.41) is 0. The number of nitrogens with zero attached hydrogens (tertiary/aromatic N) is 2. The van der Waals surface area contributed by atoms with Crippen LogP contribution in [0.15, 0.2) is 24.5 Å². The summed E-state index contributed by atoms with van der Waals surface area (Å²) in [5.74, 6) is 0. The van der Waals surface area contributed by atoms with Gasteiger partial charge < -0.3 is 4.40 Å². The molecule has 0 amide bonds. The second-order valence-corrected chi connectivity index (χ2v) is 3.04. The summed E-state index contributed by atoms with van der Waals surface area (Å²) in [6.45, 7) is 1.71. The molecule has 0 saturated carbocycles. The van der Waals surface area contributed by atoms with Crippen LogP contribution >= 0.6 is 0 Å². The highest BCUT2D eigenvalue weighted by Gasteiger charge is 2.30. The average molecular weight is 200 g/mol. The van der Waals surface area contributed by atoms with Gasteiger partial charge in [-0.2, -0.15) is 13.2 Å². The van der Waals surface area contributed by atoms with Gasteiger partial charge in [0.1, 0.15) is 5.65 Å². The zero-order chi connectivity index (χ0) is 10.3. The Balaban J connectivity index is 2.66. The number of rotatable bonds is 0. The van der Waals surface area contributed by atoms with Gasteiger partial charge in [0, 0.05) is 18.1 Å². The molecule has 2 aromatic rings. The average Bonchev–Trinajstić information content (AvgIpc) is 2.46. The van der Waals surface area contributed by atoms with Crippen LogP contribution in [0.25, 0.3) is 5.65 Å². The molecule has 0 radical (unpaired) electrons. The molecule has 2 nitrogen and oxygen atoms in total. The van der Waals surface area contributed by atoms with E-state index in [1.165, 1.54) is 16.7 Å². The summed E-state index contributed by atoms with van der Waals surface area (Å²) in [7, 11) is 0. The number of aromatic nitrogens is 2. The molecule has 2 heterocycles. The molecule has 2 rings (SSSR count). The van der Waals surface area contributed by atoms with Gasteiger partial charge in [-0.1, -0.05) is 0 Å². The third-order valence-electron chi connectivity index (χ3n) is 2.02. The van der Waals surface area contributed by atoms with E-state index in [2.05, 4.69) is 4.98 Å². The van der Waals surface area contributed by atoms with E-state index < -0.39 is 11.7 Å². The predicted octanol–water partition coefficient (Wildman–Crippen LogP) is 2.66. The maximum atomic E-state index is 12.3. The second kappa shape index (κ2) is 2.73. The summed E-state index contributed by atoms with van der Waals surface area (Å²) in [6, 6.07) is 2.39. The lowest BCUT2D eigenvalue weighted by Crippen LogP contribution is -2.06. The first-order chi connectivity index (χ1) is 6.48. The lowest BCUT2D eigenvalue weighted by Gasteiger charge is -2.06. The first-order valence-corrected chi connectivity index (χ1v) is 3.99. The fourth-order valence-electron chi connectivity index (χ4n) is 1.27. The normalized spacial score (nSPS) is 12.3. The minimum atomic E-state index is -4.30. The van der Waals surface area contributed by atoms with Gasteiger partial charge in [0.2, 0.25) is 0 Å². The fraction of sp³-hybridized carbons (Fsp3) is 0.222. The van der Waals surface area contributed by atoms with Gasteiger partial charge in [0.25, 0.3) is 0 Å². The van der Waals surface area contributed by atoms with Gasteiger partial charge >= 0.3 is 6.18 Å². The van der Waals surface area contributed by atoms with Crippen molar-refractivity contribution in [2.75, 3.05) is 0 Å². The minimum Gasteiger partial charge on any atom is -0.304 e. The summed E-state index contributed by atoms with van der Waals surface area (Å²) in [6.07, 6.45) is -1.71. The van der Waals surface area contributed by atoms with E-state index in [0.717, 1.165) is 12.3 Å². The third kappa shape index (κ3) is 1.34. The molecule has 0 saturated heterocycles. The van der Waals surface area contributed by atoms with Crippen LogP contribution in [0.1, 0.15) is 11.3 Å². The van der Waals surface area contributed by atoms with Gasteiger partial charge in [0.15, 0.2) is 0 Å². The van der Waals surface area contributed by atoms with Gasteiger partial charge in [-0.3, -0.25) is 0 Å². The summed E-state index contributed by atoms with van der Waals surface area (Å²) < 4.78 is 38.4. The number of imidazole rings is 1. The van der Waals surface area contributed by atoms with E-state index in [4.69, 9.17) is 0 Å². The van der Waals surface area contributed by atoms with Crippen LogP contribution in [0.4, 0.5) is 13.2 Å². The summed E-state index contributed by atoms with van der Waals surface area (Å²) in [4.78, 5) is 3.94. The van der Waals surface area contributed by atoms with E-state index >= 15 is 0 Å². The zero-order valence-electron chi connectivity index (χ0n) is 7.34. The number of fused-ring (bicyclic) bond motifs is 1. The lowest BCUT2D eigenvalue weighted by atomic mass is 10.3. The van der Waals surface area contributed by atoms with E-state index in [-0.39, 0.29) is 0 Å². The molecular weight excluding hydrogens is 193 g/mol. The minimum absolute atomic E-state index is 0.524. The molecule has 0 unspecified atom stereocenters. The van der Waals surface area contributed by atoms with E-state index in [1.54, 1.807) is 6.92 Å². The Labute approximate surface area is 78.0 Å². The lowest BCUT2D eigenvalue weighted by molar-refractivity contribution is -0.137. The third-order valence-corrected chi connectivity index (χ3v) is 2.02. The largest absolute Gasteiger partial charge is 0.417 e. The van der Waals surface area contributed by atoms with Crippen LogP contribution in [-0.2, 0) is 6.18 Å². The molecule has 0 aromatic carbocycles. The van der Waals surface area contributed by atoms with Crippen molar-refractivity contribution >= 4 is 5.65 Å².